The second kappa shape index (κ2) is 5.32. The van der Waals surface area contributed by atoms with Crippen molar-refractivity contribution < 1.29 is 0 Å². The summed E-state index contributed by atoms with van der Waals surface area (Å²) in [5, 5.41) is 6.45. The first-order valence-electron chi connectivity index (χ1n) is 5.08. The molecule has 80 valence electrons. The van der Waals surface area contributed by atoms with Gasteiger partial charge in [-0.1, -0.05) is 20.8 Å². The third kappa shape index (κ3) is 2.96. The summed E-state index contributed by atoms with van der Waals surface area (Å²) in [6.07, 6.45) is 0.993. The summed E-state index contributed by atoms with van der Waals surface area (Å²) in [7, 11) is 0. The maximum Gasteiger partial charge on any atom is 0.183 e. The Bertz CT molecular complexity index is 270. The Morgan fingerprint density at radius 3 is 2.71 bits per heavy atom. The third-order valence-electron chi connectivity index (χ3n) is 2.28. The summed E-state index contributed by atoms with van der Waals surface area (Å²) in [5.74, 6) is 0.536. The maximum absolute atomic E-state index is 5.68. The molecule has 1 aromatic rings. The number of hydrogen-bond acceptors (Lipinski definition) is 4. The molecular weight excluding hydrogens is 194 g/mol. The van der Waals surface area contributed by atoms with Crippen LogP contribution in [0.1, 0.15) is 26.5 Å². The van der Waals surface area contributed by atoms with Crippen molar-refractivity contribution in [2.45, 2.75) is 33.2 Å². The monoisotopic (exact) mass is 213 g/mol. The zero-order chi connectivity index (χ0) is 10.6. The maximum atomic E-state index is 5.68. The lowest BCUT2D eigenvalue weighted by Crippen LogP contribution is -2.33. The van der Waals surface area contributed by atoms with Gasteiger partial charge in [0.05, 0.1) is 5.69 Å². The summed E-state index contributed by atoms with van der Waals surface area (Å²) < 4.78 is 0. The topological polar surface area (TPSA) is 50.9 Å². The Morgan fingerprint density at radius 1 is 1.57 bits per heavy atom. The van der Waals surface area contributed by atoms with Crippen LogP contribution >= 0.6 is 11.3 Å². The minimum Gasteiger partial charge on any atom is -0.357 e. The molecule has 1 rings (SSSR count). The first-order chi connectivity index (χ1) is 6.67. The fraction of sp³-hybridized carbons (Fsp3) is 0.700. The normalized spacial score (nSPS) is 13.2. The van der Waals surface area contributed by atoms with Crippen LogP contribution in [-0.2, 0) is 6.42 Å². The molecule has 0 aromatic carbocycles. The molecule has 1 aromatic heterocycles. The predicted octanol–water partition coefficient (Wildman–Crippen LogP) is 2.10. The second-order valence-electron chi connectivity index (χ2n) is 3.73. The first kappa shape index (κ1) is 11.5. The summed E-state index contributed by atoms with van der Waals surface area (Å²) in [6, 6.07) is 0.325. The molecule has 0 aliphatic rings. The molecule has 3 N–H and O–H groups in total. The van der Waals surface area contributed by atoms with Gasteiger partial charge in [-0.15, -0.1) is 11.3 Å². The van der Waals surface area contributed by atoms with E-state index in [-0.39, 0.29) is 0 Å². The lowest BCUT2D eigenvalue weighted by molar-refractivity contribution is 0.531. The van der Waals surface area contributed by atoms with Crippen LogP contribution in [0.5, 0.6) is 0 Å². The van der Waals surface area contributed by atoms with Gasteiger partial charge in [-0.25, -0.2) is 4.98 Å². The van der Waals surface area contributed by atoms with Crippen molar-refractivity contribution in [1.82, 2.24) is 4.98 Å². The molecule has 0 radical (unpaired) electrons. The molecule has 0 fully saturated rings. The average molecular weight is 213 g/mol. The molecule has 0 saturated heterocycles. The largest absolute Gasteiger partial charge is 0.357 e. The highest BCUT2D eigenvalue weighted by Gasteiger charge is 2.12. The highest BCUT2D eigenvalue weighted by molar-refractivity contribution is 7.13. The van der Waals surface area contributed by atoms with Crippen molar-refractivity contribution in [3.8, 4) is 0 Å². The molecule has 0 bridgehead atoms. The molecule has 1 atom stereocenters. The van der Waals surface area contributed by atoms with Gasteiger partial charge in [0.25, 0.3) is 0 Å². The molecular formula is C10H19N3S. The third-order valence-corrected chi connectivity index (χ3v) is 3.10. The number of nitrogens with one attached hydrogen (secondary N) is 1. The molecule has 3 nitrogen and oxygen atoms in total. The molecule has 1 unspecified atom stereocenters. The number of anilines is 1. The number of hydrogen-bond donors (Lipinski definition) is 2. The second-order valence-corrected chi connectivity index (χ2v) is 4.59. The minimum absolute atomic E-state index is 0.325. The van der Waals surface area contributed by atoms with Crippen LogP contribution in [0.15, 0.2) is 5.38 Å². The predicted molar refractivity (Wildman–Crippen MR) is 62.8 cm³/mol. The van der Waals surface area contributed by atoms with Crippen molar-refractivity contribution in [2.75, 3.05) is 11.9 Å². The van der Waals surface area contributed by atoms with Gasteiger partial charge in [0.15, 0.2) is 5.13 Å². The van der Waals surface area contributed by atoms with Crippen LogP contribution in [0, 0.1) is 5.92 Å². The SMILES string of the molecule is CCc1csc(NC(CN)C(C)C)n1. The van der Waals surface area contributed by atoms with E-state index in [2.05, 4.69) is 36.5 Å². The molecule has 0 aliphatic heterocycles. The zero-order valence-electron chi connectivity index (χ0n) is 9.08. The molecule has 0 aliphatic carbocycles. The van der Waals surface area contributed by atoms with Crippen molar-refractivity contribution in [2.24, 2.45) is 11.7 Å². The van der Waals surface area contributed by atoms with E-state index in [1.165, 1.54) is 0 Å². The highest BCUT2D eigenvalue weighted by Crippen LogP contribution is 2.18. The number of nitrogens with two attached hydrogens (primary N) is 1. The quantitative estimate of drug-likeness (QED) is 0.787. The highest BCUT2D eigenvalue weighted by atomic mass is 32.1. The Labute approximate surface area is 89.7 Å². The average Bonchev–Trinajstić information content (AvgIpc) is 2.61. The van der Waals surface area contributed by atoms with E-state index in [9.17, 15) is 0 Å². The van der Waals surface area contributed by atoms with Crippen LogP contribution < -0.4 is 11.1 Å². The van der Waals surface area contributed by atoms with Crippen LogP contribution in [0.4, 0.5) is 5.13 Å². The van der Waals surface area contributed by atoms with E-state index in [1.54, 1.807) is 11.3 Å². The smallest absolute Gasteiger partial charge is 0.183 e. The van der Waals surface area contributed by atoms with Crippen LogP contribution in [0.2, 0.25) is 0 Å². The fourth-order valence-corrected chi connectivity index (χ4v) is 2.05. The molecule has 0 saturated carbocycles. The fourth-order valence-electron chi connectivity index (χ4n) is 1.19. The van der Waals surface area contributed by atoms with Gasteiger partial charge in [-0.3, -0.25) is 0 Å². The Morgan fingerprint density at radius 2 is 2.29 bits per heavy atom. The van der Waals surface area contributed by atoms with Gasteiger partial charge < -0.3 is 11.1 Å². The summed E-state index contributed by atoms with van der Waals surface area (Å²) >= 11 is 1.66. The standard InChI is InChI=1S/C10H19N3S/c1-4-8-6-14-10(12-8)13-9(5-11)7(2)3/h6-7,9H,4-5,11H2,1-3H3,(H,12,13). The van der Waals surface area contributed by atoms with Gasteiger partial charge in [-0.05, 0) is 12.3 Å². The summed E-state index contributed by atoms with van der Waals surface area (Å²) in [6.45, 7) is 7.10. The lowest BCUT2D eigenvalue weighted by atomic mass is 10.1. The molecule has 1 heterocycles. The van der Waals surface area contributed by atoms with Crippen molar-refractivity contribution in [1.29, 1.82) is 0 Å². The van der Waals surface area contributed by atoms with E-state index in [4.69, 9.17) is 5.73 Å². The van der Waals surface area contributed by atoms with Crippen LogP contribution in [0.3, 0.4) is 0 Å². The van der Waals surface area contributed by atoms with Gasteiger partial charge in [0, 0.05) is 18.0 Å². The van der Waals surface area contributed by atoms with Crippen LogP contribution in [0.25, 0.3) is 0 Å². The summed E-state index contributed by atoms with van der Waals surface area (Å²) in [5.41, 5.74) is 6.83. The summed E-state index contributed by atoms with van der Waals surface area (Å²) in [4.78, 5) is 4.45. The number of thiazole rings is 1. The molecule has 14 heavy (non-hydrogen) atoms. The van der Waals surface area contributed by atoms with Gasteiger partial charge in [-0.2, -0.15) is 0 Å². The number of rotatable bonds is 5. The Kier molecular flexibility index (Phi) is 4.35. The van der Waals surface area contributed by atoms with Crippen molar-refractivity contribution >= 4 is 16.5 Å². The van der Waals surface area contributed by atoms with Gasteiger partial charge >= 0.3 is 0 Å². The minimum atomic E-state index is 0.325. The van der Waals surface area contributed by atoms with Crippen molar-refractivity contribution in [3.05, 3.63) is 11.1 Å². The Hall–Kier alpha value is -0.610. The van der Waals surface area contributed by atoms with E-state index in [1.807, 2.05) is 0 Å². The first-order valence-corrected chi connectivity index (χ1v) is 5.96. The molecule has 0 amide bonds. The molecule has 4 heteroatoms. The van der Waals surface area contributed by atoms with Crippen LogP contribution in [-0.4, -0.2) is 17.6 Å². The lowest BCUT2D eigenvalue weighted by Gasteiger charge is -2.19. The van der Waals surface area contributed by atoms with E-state index in [0.29, 0.717) is 18.5 Å². The van der Waals surface area contributed by atoms with Gasteiger partial charge in [0.2, 0.25) is 0 Å². The molecule has 0 spiro atoms. The van der Waals surface area contributed by atoms with Gasteiger partial charge in [0.1, 0.15) is 0 Å². The van der Waals surface area contributed by atoms with E-state index in [0.717, 1.165) is 17.2 Å². The van der Waals surface area contributed by atoms with E-state index < -0.39 is 0 Å². The van der Waals surface area contributed by atoms with E-state index >= 15 is 0 Å². The number of nitrogens with zero attached hydrogens (tertiary/aromatic N) is 1. The number of aryl methyl sites for hydroxylation is 1. The number of aromatic nitrogens is 1. The Balaban J connectivity index is 2.57. The van der Waals surface area contributed by atoms with Crippen molar-refractivity contribution in [3.63, 3.8) is 0 Å². The zero-order valence-corrected chi connectivity index (χ0v) is 9.90.